The Kier molecular flexibility index (Phi) is 5.29. The maximum absolute atomic E-state index is 12.2. The summed E-state index contributed by atoms with van der Waals surface area (Å²) in [5, 5.41) is 8.20. The fraction of sp³-hybridized carbons (Fsp3) is 0.643. The van der Waals surface area contributed by atoms with Gasteiger partial charge in [0.1, 0.15) is 0 Å². The molecule has 20 heavy (non-hydrogen) atoms. The highest BCUT2D eigenvalue weighted by Crippen LogP contribution is 2.10. The Labute approximate surface area is 119 Å². The fourth-order valence-electron chi connectivity index (χ4n) is 2.08. The molecule has 1 aromatic rings. The Bertz CT molecular complexity index is 429. The molecule has 2 rings (SSSR count). The molecular formula is C14H22N4O2. The maximum Gasteiger partial charge on any atom is 0.274 e. The average Bonchev–Trinajstić information content (AvgIpc) is 2.53. The summed E-state index contributed by atoms with van der Waals surface area (Å²) in [5.74, 6) is 0.737. The topological polar surface area (TPSA) is 58.6 Å². The minimum absolute atomic E-state index is 0.0661. The minimum Gasteiger partial charge on any atom is -0.378 e. The van der Waals surface area contributed by atoms with E-state index in [4.69, 9.17) is 4.74 Å². The van der Waals surface area contributed by atoms with Crippen LogP contribution in [0.15, 0.2) is 12.1 Å². The predicted molar refractivity (Wildman–Crippen MR) is 76.9 cm³/mol. The first kappa shape index (κ1) is 14.7. The maximum atomic E-state index is 12.2. The van der Waals surface area contributed by atoms with Gasteiger partial charge in [-0.1, -0.05) is 13.3 Å². The summed E-state index contributed by atoms with van der Waals surface area (Å²) < 4.78 is 5.24. The second-order valence-electron chi connectivity index (χ2n) is 4.96. The molecule has 1 amide bonds. The van der Waals surface area contributed by atoms with Gasteiger partial charge in [-0.3, -0.25) is 4.79 Å². The number of hydrogen-bond donors (Lipinski definition) is 0. The Morgan fingerprint density at radius 1 is 1.35 bits per heavy atom. The minimum atomic E-state index is -0.0661. The van der Waals surface area contributed by atoms with Gasteiger partial charge in [-0.2, -0.15) is 0 Å². The molecule has 6 nitrogen and oxygen atoms in total. The second-order valence-corrected chi connectivity index (χ2v) is 4.96. The second kappa shape index (κ2) is 7.19. The van der Waals surface area contributed by atoms with E-state index in [9.17, 15) is 4.79 Å². The first-order chi connectivity index (χ1) is 9.72. The van der Waals surface area contributed by atoms with Crippen molar-refractivity contribution < 1.29 is 9.53 Å². The van der Waals surface area contributed by atoms with Crippen LogP contribution in [0, 0.1) is 0 Å². The van der Waals surface area contributed by atoms with Crippen molar-refractivity contribution >= 4 is 11.7 Å². The van der Waals surface area contributed by atoms with Crippen molar-refractivity contribution in [3.05, 3.63) is 17.8 Å². The summed E-state index contributed by atoms with van der Waals surface area (Å²) in [6.07, 6.45) is 2.26. The highest BCUT2D eigenvalue weighted by molar-refractivity contribution is 5.92. The van der Waals surface area contributed by atoms with Crippen molar-refractivity contribution in [1.29, 1.82) is 0 Å². The van der Waals surface area contributed by atoms with Crippen molar-refractivity contribution in [2.24, 2.45) is 0 Å². The van der Waals surface area contributed by atoms with Crippen molar-refractivity contribution in [3.63, 3.8) is 0 Å². The largest absolute Gasteiger partial charge is 0.378 e. The lowest BCUT2D eigenvalue weighted by Crippen LogP contribution is -2.41. The van der Waals surface area contributed by atoms with Crippen LogP contribution in [0.5, 0.6) is 0 Å². The molecule has 1 fully saturated rings. The first-order valence-corrected chi connectivity index (χ1v) is 7.14. The van der Waals surface area contributed by atoms with Crippen LogP contribution in [0.4, 0.5) is 5.82 Å². The van der Waals surface area contributed by atoms with Crippen LogP contribution >= 0.6 is 0 Å². The summed E-state index contributed by atoms with van der Waals surface area (Å²) >= 11 is 0. The van der Waals surface area contributed by atoms with Gasteiger partial charge in [-0.25, -0.2) is 0 Å². The van der Waals surface area contributed by atoms with Gasteiger partial charge >= 0.3 is 0 Å². The SMILES string of the molecule is CCCCN(C)c1ccc(C(=O)N2CCOCC2)nn1. The van der Waals surface area contributed by atoms with Crippen LogP contribution in [0.25, 0.3) is 0 Å². The van der Waals surface area contributed by atoms with Gasteiger partial charge in [0.25, 0.3) is 5.91 Å². The lowest BCUT2D eigenvalue weighted by Gasteiger charge is -2.26. The van der Waals surface area contributed by atoms with E-state index in [2.05, 4.69) is 22.0 Å². The van der Waals surface area contributed by atoms with E-state index in [1.807, 2.05) is 13.1 Å². The number of nitrogens with zero attached hydrogens (tertiary/aromatic N) is 4. The predicted octanol–water partition coefficient (Wildman–Crippen LogP) is 1.19. The van der Waals surface area contributed by atoms with Gasteiger partial charge in [0.05, 0.1) is 13.2 Å². The zero-order valence-electron chi connectivity index (χ0n) is 12.2. The monoisotopic (exact) mass is 278 g/mol. The van der Waals surface area contributed by atoms with Crippen LogP contribution in [-0.4, -0.2) is 60.9 Å². The normalized spacial score (nSPS) is 15.2. The average molecular weight is 278 g/mol. The molecule has 0 aromatic carbocycles. The van der Waals surface area contributed by atoms with Gasteiger partial charge in [-0.05, 0) is 18.6 Å². The van der Waals surface area contributed by atoms with E-state index in [1.54, 1.807) is 11.0 Å². The van der Waals surface area contributed by atoms with Crippen LogP contribution in [0.1, 0.15) is 30.3 Å². The van der Waals surface area contributed by atoms with E-state index in [0.717, 1.165) is 25.2 Å². The summed E-state index contributed by atoms with van der Waals surface area (Å²) in [5.41, 5.74) is 0.402. The van der Waals surface area contributed by atoms with Crippen LogP contribution < -0.4 is 4.90 Å². The molecule has 0 saturated carbocycles. The molecule has 110 valence electrons. The summed E-state index contributed by atoms with van der Waals surface area (Å²) in [7, 11) is 1.99. The van der Waals surface area contributed by atoms with Gasteiger partial charge in [0, 0.05) is 26.7 Å². The number of aromatic nitrogens is 2. The van der Waals surface area contributed by atoms with Crippen molar-refractivity contribution in [2.75, 3.05) is 44.8 Å². The molecule has 0 unspecified atom stereocenters. The highest BCUT2D eigenvalue weighted by Gasteiger charge is 2.20. The van der Waals surface area contributed by atoms with Crippen LogP contribution in [0.3, 0.4) is 0 Å². The Morgan fingerprint density at radius 2 is 2.10 bits per heavy atom. The molecule has 2 heterocycles. The summed E-state index contributed by atoms with van der Waals surface area (Å²) in [4.78, 5) is 16.0. The number of amides is 1. The number of unbranched alkanes of at least 4 members (excludes halogenated alkanes) is 1. The molecule has 0 bridgehead atoms. The molecule has 0 aliphatic carbocycles. The third kappa shape index (κ3) is 3.66. The molecule has 0 radical (unpaired) electrons. The number of morpholine rings is 1. The molecule has 1 aromatic heterocycles. The van der Waals surface area contributed by atoms with Crippen molar-refractivity contribution in [1.82, 2.24) is 15.1 Å². The lowest BCUT2D eigenvalue weighted by atomic mass is 10.3. The Morgan fingerprint density at radius 3 is 2.70 bits per heavy atom. The molecular weight excluding hydrogens is 256 g/mol. The van der Waals surface area contributed by atoms with Crippen LogP contribution in [0.2, 0.25) is 0 Å². The Balaban J connectivity index is 1.98. The number of rotatable bonds is 5. The molecule has 1 aliphatic rings. The zero-order valence-corrected chi connectivity index (χ0v) is 12.2. The summed E-state index contributed by atoms with van der Waals surface area (Å²) in [6.45, 7) is 5.54. The quantitative estimate of drug-likeness (QED) is 0.809. The van der Waals surface area contributed by atoms with E-state index >= 15 is 0 Å². The molecule has 1 aliphatic heterocycles. The third-order valence-electron chi connectivity index (χ3n) is 3.41. The molecule has 0 N–H and O–H groups in total. The van der Waals surface area contributed by atoms with E-state index < -0.39 is 0 Å². The Hall–Kier alpha value is -1.69. The lowest BCUT2D eigenvalue weighted by molar-refractivity contribution is 0.0298. The summed E-state index contributed by atoms with van der Waals surface area (Å²) in [6, 6.07) is 3.61. The molecule has 1 saturated heterocycles. The number of anilines is 1. The molecule has 6 heteroatoms. The van der Waals surface area contributed by atoms with Gasteiger partial charge in [-0.15, -0.1) is 10.2 Å². The van der Waals surface area contributed by atoms with Crippen molar-refractivity contribution in [2.45, 2.75) is 19.8 Å². The van der Waals surface area contributed by atoms with E-state index in [0.29, 0.717) is 32.0 Å². The van der Waals surface area contributed by atoms with E-state index in [-0.39, 0.29) is 5.91 Å². The smallest absolute Gasteiger partial charge is 0.274 e. The van der Waals surface area contributed by atoms with E-state index in [1.165, 1.54) is 0 Å². The van der Waals surface area contributed by atoms with Crippen LogP contribution in [-0.2, 0) is 4.74 Å². The standard InChI is InChI=1S/C14H22N4O2/c1-3-4-7-17(2)13-6-5-12(15-16-13)14(19)18-8-10-20-11-9-18/h5-6H,3-4,7-11H2,1-2H3. The van der Waals surface area contributed by atoms with Gasteiger partial charge < -0.3 is 14.5 Å². The fourth-order valence-corrected chi connectivity index (χ4v) is 2.08. The van der Waals surface area contributed by atoms with Gasteiger partial charge in [0.15, 0.2) is 11.5 Å². The number of carbonyl (C=O) groups is 1. The van der Waals surface area contributed by atoms with Crippen molar-refractivity contribution in [3.8, 4) is 0 Å². The number of ether oxygens (including phenoxy) is 1. The van der Waals surface area contributed by atoms with Gasteiger partial charge in [0.2, 0.25) is 0 Å². The zero-order chi connectivity index (χ0) is 14.4. The molecule has 0 atom stereocenters. The first-order valence-electron chi connectivity index (χ1n) is 7.14. The molecule has 0 spiro atoms. The number of hydrogen-bond acceptors (Lipinski definition) is 5. The third-order valence-corrected chi connectivity index (χ3v) is 3.41. The number of carbonyl (C=O) groups excluding carboxylic acids is 1. The highest BCUT2D eigenvalue weighted by atomic mass is 16.5.